The van der Waals surface area contributed by atoms with E-state index in [2.05, 4.69) is 5.09 Å². The fourth-order valence-electron chi connectivity index (χ4n) is 2.09. The van der Waals surface area contributed by atoms with Crippen LogP contribution in [0.3, 0.4) is 0 Å². The Bertz CT molecular complexity index is 754. The van der Waals surface area contributed by atoms with Gasteiger partial charge in [0.2, 0.25) is 0 Å². The molecule has 0 aliphatic rings. The van der Waals surface area contributed by atoms with E-state index in [1.54, 1.807) is 12.1 Å². The Morgan fingerprint density at radius 1 is 1.04 bits per heavy atom. The lowest BCUT2D eigenvalue weighted by atomic mass is 10.1. The number of nitro groups is 1. The van der Waals surface area contributed by atoms with Crippen LogP contribution in [0.15, 0.2) is 54.6 Å². The molecule has 9 heteroatoms. The van der Waals surface area contributed by atoms with E-state index in [9.17, 15) is 14.9 Å². The van der Waals surface area contributed by atoms with E-state index in [1.165, 1.54) is 31.4 Å². The lowest BCUT2D eigenvalue weighted by Gasteiger charge is -2.25. The van der Waals surface area contributed by atoms with Crippen LogP contribution in [0, 0.1) is 16.0 Å². The molecule has 0 heterocycles. The number of carbonyl (C=O) groups is 1. The monoisotopic (exact) mass is 392 g/mol. The summed E-state index contributed by atoms with van der Waals surface area (Å²) in [5, 5.41) is 13.8. The van der Waals surface area contributed by atoms with Gasteiger partial charge in [-0.15, -0.1) is 0 Å². The van der Waals surface area contributed by atoms with Gasteiger partial charge in [0.1, 0.15) is 17.5 Å². The summed E-state index contributed by atoms with van der Waals surface area (Å²) >= 11 is 0. The number of para-hydroxylation sites is 1. The number of benzene rings is 2. The molecule has 144 valence electrons. The van der Waals surface area contributed by atoms with Crippen molar-refractivity contribution in [3.05, 3.63) is 64.7 Å². The van der Waals surface area contributed by atoms with Gasteiger partial charge in [0.25, 0.3) is 5.69 Å². The standard InChI is InChI=1S/C18H21N2O6P/c1-13(2)17(18(21)24-3)19-27(25-15-7-5-4-6-8-15)26-16-11-9-14(10-12-16)20(22)23/h4-13,17,19H,1-3H3. The molecule has 2 rings (SSSR count). The van der Waals surface area contributed by atoms with Crippen molar-refractivity contribution in [2.45, 2.75) is 19.9 Å². The molecular weight excluding hydrogens is 371 g/mol. The zero-order chi connectivity index (χ0) is 19.8. The number of nitro benzene ring substituents is 1. The first-order valence-corrected chi connectivity index (χ1v) is 9.38. The molecule has 0 aliphatic heterocycles. The molecular formula is C18H21N2O6P. The Morgan fingerprint density at radius 3 is 2.07 bits per heavy atom. The number of rotatable bonds is 9. The van der Waals surface area contributed by atoms with Gasteiger partial charge in [0.05, 0.1) is 12.0 Å². The first kappa shape index (κ1) is 20.6. The number of esters is 1. The molecule has 0 spiro atoms. The van der Waals surface area contributed by atoms with E-state index in [0.717, 1.165) is 0 Å². The van der Waals surface area contributed by atoms with Crippen molar-refractivity contribution in [2.24, 2.45) is 5.92 Å². The van der Waals surface area contributed by atoms with Gasteiger partial charge in [0, 0.05) is 12.1 Å². The molecule has 8 nitrogen and oxygen atoms in total. The van der Waals surface area contributed by atoms with Gasteiger partial charge >= 0.3 is 14.5 Å². The third kappa shape index (κ3) is 6.20. The van der Waals surface area contributed by atoms with E-state index in [1.807, 2.05) is 32.0 Å². The highest BCUT2D eigenvalue weighted by Gasteiger charge is 2.29. The van der Waals surface area contributed by atoms with Crippen molar-refractivity contribution in [2.75, 3.05) is 7.11 Å². The zero-order valence-corrected chi connectivity index (χ0v) is 16.1. The van der Waals surface area contributed by atoms with Gasteiger partial charge in [-0.05, 0) is 30.2 Å². The van der Waals surface area contributed by atoms with E-state index >= 15 is 0 Å². The molecule has 1 N–H and O–H groups in total. The zero-order valence-electron chi connectivity index (χ0n) is 15.2. The second-order valence-electron chi connectivity index (χ2n) is 5.88. The van der Waals surface area contributed by atoms with Crippen LogP contribution in [0.5, 0.6) is 11.5 Å². The Kier molecular flexibility index (Phi) is 7.52. The largest absolute Gasteiger partial charge is 0.468 e. The number of ether oxygens (including phenoxy) is 1. The lowest BCUT2D eigenvalue weighted by Crippen LogP contribution is -2.40. The highest BCUT2D eigenvalue weighted by atomic mass is 31.2. The maximum absolute atomic E-state index is 12.1. The summed E-state index contributed by atoms with van der Waals surface area (Å²) in [6.45, 7) is 3.74. The van der Waals surface area contributed by atoms with Crippen molar-refractivity contribution in [3.63, 3.8) is 0 Å². The molecule has 0 saturated carbocycles. The normalized spacial score (nSPS) is 12.9. The van der Waals surface area contributed by atoms with Crippen LogP contribution in [0.25, 0.3) is 0 Å². The number of hydrogen-bond acceptors (Lipinski definition) is 7. The predicted octanol–water partition coefficient (Wildman–Crippen LogP) is 4.07. The van der Waals surface area contributed by atoms with Crippen LogP contribution >= 0.6 is 8.53 Å². The first-order valence-electron chi connectivity index (χ1n) is 8.20. The summed E-state index contributed by atoms with van der Waals surface area (Å²) in [5.74, 6) is 0.441. The second-order valence-corrected chi connectivity index (χ2v) is 7.02. The maximum Gasteiger partial charge on any atom is 0.382 e. The summed E-state index contributed by atoms with van der Waals surface area (Å²) in [4.78, 5) is 22.3. The van der Waals surface area contributed by atoms with Gasteiger partial charge in [-0.1, -0.05) is 32.0 Å². The minimum atomic E-state index is -1.77. The molecule has 0 amide bonds. The fraction of sp³-hybridized carbons (Fsp3) is 0.278. The number of hydrogen-bond donors (Lipinski definition) is 1. The Morgan fingerprint density at radius 2 is 1.59 bits per heavy atom. The van der Waals surface area contributed by atoms with Crippen molar-refractivity contribution < 1.29 is 23.5 Å². The average Bonchev–Trinajstić information content (AvgIpc) is 2.66. The smallest absolute Gasteiger partial charge is 0.382 e. The van der Waals surface area contributed by atoms with Gasteiger partial charge in [-0.25, -0.2) is 5.09 Å². The van der Waals surface area contributed by atoms with E-state index < -0.39 is 25.5 Å². The minimum absolute atomic E-state index is 0.0433. The van der Waals surface area contributed by atoms with Gasteiger partial charge in [-0.3, -0.25) is 14.9 Å². The topological polar surface area (TPSA) is 99.9 Å². The van der Waals surface area contributed by atoms with Crippen molar-refractivity contribution in [1.29, 1.82) is 0 Å². The molecule has 2 atom stereocenters. The van der Waals surface area contributed by atoms with Crippen LogP contribution in [-0.4, -0.2) is 24.0 Å². The van der Waals surface area contributed by atoms with E-state index in [-0.39, 0.29) is 11.6 Å². The van der Waals surface area contributed by atoms with Crippen LogP contribution in [0.4, 0.5) is 5.69 Å². The van der Waals surface area contributed by atoms with Crippen LogP contribution in [0.1, 0.15) is 13.8 Å². The fourth-order valence-corrected chi connectivity index (χ4v) is 3.49. The molecule has 2 aromatic carbocycles. The first-order chi connectivity index (χ1) is 12.9. The Labute approximate surface area is 158 Å². The summed E-state index contributed by atoms with van der Waals surface area (Å²) < 4.78 is 16.5. The summed E-state index contributed by atoms with van der Waals surface area (Å²) in [6, 6.07) is 14.0. The lowest BCUT2D eigenvalue weighted by molar-refractivity contribution is -0.384. The molecule has 2 unspecified atom stereocenters. The van der Waals surface area contributed by atoms with Crippen molar-refractivity contribution in [1.82, 2.24) is 5.09 Å². The Balaban J connectivity index is 2.20. The number of nitrogens with one attached hydrogen (secondary N) is 1. The molecule has 2 aromatic rings. The van der Waals surface area contributed by atoms with E-state index in [0.29, 0.717) is 11.5 Å². The second kappa shape index (κ2) is 9.85. The van der Waals surface area contributed by atoms with Gasteiger partial charge in [0.15, 0.2) is 0 Å². The molecule has 0 fully saturated rings. The van der Waals surface area contributed by atoms with Crippen LogP contribution in [0.2, 0.25) is 0 Å². The maximum atomic E-state index is 12.1. The SMILES string of the molecule is COC(=O)C(NP(Oc1ccccc1)Oc1ccc([N+](=O)[O-])cc1)C(C)C. The quantitative estimate of drug-likeness (QED) is 0.297. The minimum Gasteiger partial charge on any atom is -0.468 e. The molecule has 0 radical (unpaired) electrons. The Hall–Kier alpha value is -2.70. The molecule has 0 aliphatic carbocycles. The third-order valence-corrected chi connectivity index (χ3v) is 4.78. The van der Waals surface area contributed by atoms with Crippen LogP contribution in [-0.2, 0) is 9.53 Å². The van der Waals surface area contributed by atoms with Gasteiger partial charge in [-0.2, -0.15) is 0 Å². The van der Waals surface area contributed by atoms with Crippen molar-refractivity contribution in [3.8, 4) is 11.5 Å². The van der Waals surface area contributed by atoms with Crippen molar-refractivity contribution >= 4 is 20.2 Å². The molecule has 0 aromatic heterocycles. The number of carbonyl (C=O) groups excluding carboxylic acids is 1. The van der Waals surface area contributed by atoms with Gasteiger partial charge < -0.3 is 13.8 Å². The van der Waals surface area contributed by atoms with E-state index in [4.69, 9.17) is 13.8 Å². The average molecular weight is 392 g/mol. The number of nitrogens with zero attached hydrogens (tertiary/aromatic N) is 1. The third-order valence-electron chi connectivity index (χ3n) is 3.53. The summed E-state index contributed by atoms with van der Waals surface area (Å²) in [5.41, 5.74) is -0.0433. The molecule has 0 saturated heterocycles. The molecule has 0 bridgehead atoms. The summed E-state index contributed by atoms with van der Waals surface area (Å²) in [6.07, 6.45) is 0. The number of methoxy groups -OCH3 is 1. The predicted molar refractivity (Wildman–Crippen MR) is 101 cm³/mol. The highest BCUT2D eigenvalue weighted by Crippen LogP contribution is 2.38. The summed E-state index contributed by atoms with van der Waals surface area (Å²) in [7, 11) is -0.452. The highest BCUT2D eigenvalue weighted by molar-refractivity contribution is 7.45. The van der Waals surface area contributed by atoms with Crippen LogP contribution < -0.4 is 14.1 Å². The molecule has 27 heavy (non-hydrogen) atoms. The number of non-ortho nitro benzene ring substituents is 1.